The number of carboxylic acid groups (broad SMARTS) is 1. The second kappa shape index (κ2) is 9.27. The molecule has 0 fully saturated rings. The van der Waals surface area contributed by atoms with Crippen LogP contribution in [-0.2, 0) is 21.2 Å². The van der Waals surface area contributed by atoms with Crippen LogP contribution in [0.2, 0.25) is 0 Å². The number of rotatable bonds is 10. The lowest BCUT2D eigenvalue weighted by molar-refractivity contribution is -0.305. The lowest BCUT2D eigenvalue weighted by atomic mass is 10.1. The molecule has 0 saturated carbocycles. The minimum Gasteiger partial charge on any atom is -0.550 e. The van der Waals surface area contributed by atoms with Crippen molar-refractivity contribution in [2.75, 3.05) is 17.9 Å². The fraction of sp³-hybridized carbons (Fsp3) is 0.316. The van der Waals surface area contributed by atoms with Gasteiger partial charge in [0.15, 0.2) is 0 Å². The van der Waals surface area contributed by atoms with Crippen LogP contribution < -0.4 is 19.3 Å². The summed E-state index contributed by atoms with van der Waals surface area (Å²) in [6.07, 6.45) is 0.160. The lowest BCUT2D eigenvalue weighted by Gasteiger charge is -2.15. The highest BCUT2D eigenvalue weighted by molar-refractivity contribution is 7.92. The third-order valence-corrected chi connectivity index (χ3v) is 5.04. The molecule has 0 aromatic heterocycles. The van der Waals surface area contributed by atoms with Gasteiger partial charge in [0.05, 0.1) is 23.8 Å². The van der Waals surface area contributed by atoms with E-state index < -0.39 is 16.0 Å². The zero-order valence-electron chi connectivity index (χ0n) is 15.2. The number of ether oxygens (including phenoxy) is 2. The lowest BCUT2D eigenvalue weighted by Crippen LogP contribution is -2.22. The first-order valence-electron chi connectivity index (χ1n) is 8.57. The number of aryl methyl sites for hydroxylation is 1. The standard InChI is InChI=1S/C19H23NO6S/c1-3-25-15-8-11-18(26-4-2)17(13-15)20-27(23,24)16-9-5-14(6-10-16)7-12-19(21)22/h5-6,8-11,13,20H,3-4,7,12H2,1-2H3,(H,21,22)/p-1. The largest absolute Gasteiger partial charge is 0.550 e. The summed E-state index contributed by atoms with van der Waals surface area (Å²) >= 11 is 0. The van der Waals surface area contributed by atoms with Crippen LogP contribution in [0.1, 0.15) is 25.8 Å². The average Bonchev–Trinajstić information content (AvgIpc) is 2.62. The number of carbonyl (C=O) groups is 1. The maximum absolute atomic E-state index is 12.7. The molecule has 8 heteroatoms. The Morgan fingerprint density at radius 1 is 1.04 bits per heavy atom. The van der Waals surface area contributed by atoms with Gasteiger partial charge in [-0.3, -0.25) is 4.72 Å². The fourth-order valence-corrected chi connectivity index (χ4v) is 3.47. The van der Waals surface area contributed by atoms with Crippen molar-refractivity contribution in [2.45, 2.75) is 31.6 Å². The van der Waals surface area contributed by atoms with Crippen molar-refractivity contribution in [1.82, 2.24) is 0 Å². The fourth-order valence-electron chi connectivity index (χ4n) is 2.41. The number of nitrogens with one attached hydrogen (secondary N) is 1. The molecule has 0 aliphatic carbocycles. The molecule has 0 atom stereocenters. The van der Waals surface area contributed by atoms with E-state index in [4.69, 9.17) is 9.47 Å². The van der Waals surface area contributed by atoms with Gasteiger partial charge in [0.1, 0.15) is 11.5 Å². The van der Waals surface area contributed by atoms with Crippen molar-refractivity contribution in [3.63, 3.8) is 0 Å². The summed E-state index contributed by atoms with van der Waals surface area (Å²) < 4.78 is 38.8. The van der Waals surface area contributed by atoms with Crippen LogP contribution in [0.5, 0.6) is 11.5 Å². The zero-order chi connectivity index (χ0) is 19.9. The second-order valence-electron chi connectivity index (χ2n) is 5.65. The van der Waals surface area contributed by atoms with E-state index in [9.17, 15) is 18.3 Å². The molecule has 0 bridgehead atoms. The summed E-state index contributed by atoms with van der Waals surface area (Å²) in [4.78, 5) is 10.6. The molecule has 0 heterocycles. The predicted octanol–water partition coefficient (Wildman–Crippen LogP) is 1.97. The van der Waals surface area contributed by atoms with Crippen molar-refractivity contribution in [3.8, 4) is 11.5 Å². The number of anilines is 1. The number of benzene rings is 2. The minimum atomic E-state index is -3.85. The quantitative estimate of drug-likeness (QED) is 0.663. The van der Waals surface area contributed by atoms with Crippen molar-refractivity contribution < 1.29 is 27.8 Å². The van der Waals surface area contributed by atoms with Gasteiger partial charge in [-0.2, -0.15) is 0 Å². The average molecular weight is 392 g/mol. The molecular formula is C19H22NO6S-. The molecule has 0 amide bonds. The Morgan fingerprint density at radius 3 is 2.30 bits per heavy atom. The van der Waals surface area contributed by atoms with E-state index in [0.717, 1.165) is 0 Å². The Hall–Kier alpha value is -2.74. The molecule has 0 saturated heterocycles. The van der Waals surface area contributed by atoms with Crippen molar-refractivity contribution in [2.24, 2.45) is 0 Å². The van der Waals surface area contributed by atoms with E-state index in [0.29, 0.717) is 30.3 Å². The van der Waals surface area contributed by atoms with Gasteiger partial charge < -0.3 is 19.4 Å². The first-order chi connectivity index (χ1) is 12.9. The Labute approximate surface area is 159 Å². The molecule has 2 aromatic rings. The molecule has 0 spiro atoms. The predicted molar refractivity (Wildman–Crippen MR) is 99.4 cm³/mol. The molecule has 27 heavy (non-hydrogen) atoms. The molecule has 1 N–H and O–H groups in total. The molecule has 2 rings (SSSR count). The van der Waals surface area contributed by atoms with Gasteiger partial charge in [-0.15, -0.1) is 0 Å². The topological polar surface area (TPSA) is 105 Å². The third kappa shape index (κ3) is 5.89. The number of aliphatic carboxylic acids is 1. The summed E-state index contributed by atoms with van der Waals surface area (Å²) in [6, 6.07) is 10.9. The monoisotopic (exact) mass is 392 g/mol. The van der Waals surface area contributed by atoms with Gasteiger partial charge in [-0.05, 0) is 56.5 Å². The zero-order valence-corrected chi connectivity index (χ0v) is 16.0. The van der Waals surface area contributed by atoms with Crippen LogP contribution >= 0.6 is 0 Å². The van der Waals surface area contributed by atoms with E-state index in [-0.39, 0.29) is 23.4 Å². The highest BCUT2D eigenvalue weighted by atomic mass is 32.2. The first kappa shape index (κ1) is 20.6. The van der Waals surface area contributed by atoms with Crippen LogP contribution in [0.25, 0.3) is 0 Å². The Bertz CT molecular complexity index is 878. The number of carboxylic acids is 1. The van der Waals surface area contributed by atoms with E-state index in [1.165, 1.54) is 12.1 Å². The van der Waals surface area contributed by atoms with Crippen molar-refractivity contribution >= 4 is 21.7 Å². The second-order valence-corrected chi connectivity index (χ2v) is 7.33. The van der Waals surface area contributed by atoms with Crippen LogP contribution in [0.4, 0.5) is 5.69 Å². The maximum Gasteiger partial charge on any atom is 0.262 e. The van der Waals surface area contributed by atoms with Gasteiger partial charge in [0.25, 0.3) is 10.0 Å². The van der Waals surface area contributed by atoms with E-state index in [2.05, 4.69) is 4.72 Å². The van der Waals surface area contributed by atoms with Crippen LogP contribution in [0.15, 0.2) is 47.4 Å². The van der Waals surface area contributed by atoms with E-state index in [1.54, 1.807) is 37.3 Å². The Kier molecular flexibility index (Phi) is 7.06. The third-order valence-electron chi connectivity index (χ3n) is 3.66. The van der Waals surface area contributed by atoms with Crippen LogP contribution in [0.3, 0.4) is 0 Å². The summed E-state index contributed by atoms with van der Waals surface area (Å²) in [5, 5.41) is 10.5. The Balaban J connectivity index is 2.24. The van der Waals surface area contributed by atoms with E-state index in [1.807, 2.05) is 6.92 Å². The smallest absolute Gasteiger partial charge is 0.262 e. The molecule has 0 unspecified atom stereocenters. The van der Waals surface area contributed by atoms with Gasteiger partial charge in [-0.25, -0.2) is 8.42 Å². The number of hydrogen-bond donors (Lipinski definition) is 1. The number of carbonyl (C=O) groups excluding carboxylic acids is 1. The number of hydrogen-bond acceptors (Lipinski definition) is 6. The molecule has 7 nitrogen and oxygen atoms in total. The van der Waals surface area contributed by atoms with Gasteiger partial charge in [-0.1, -0.05) is 12.1 Å². The molecule has 0 radical (unpaired) electrons. The van der Waals surface area contributed by atoms with E-state index >= 15 is 0 Å². The normalized spacial score (nSPS) is 11.0. The van der Waals surface area contributed by atoms with Gasteiger partial charge in [0, 0.05) is 12.0 Å². The minimum absolute atomic E-state index is 0.0592. The highest BCUT2D eigenvalue weighted by Crippen LogP contribution is 2.31. The summed E-state index contributed by atoms with van der Waals surface area (Å²) in [7, 11) is -3.85. The maximum atomic E-state index is 12.7. The van der Waals surface area contributed by atoms with Gasteiger partial charge >= 0.3 is 0 Å². The summed E-state index contributed by atoms with van der Waals surface area (Å²) in [5.41, 5.74) is 0.996. The van der Waals surface area contributed by atoms with Crippen molar-refractivity contribution in [3.05, 3.63) is 48.0 Å². The Morgan fingerprint density at radius 2 is 1.70 bits per heavy atom. The highest BCUT2D eigenvalue weighted by Gasteiger charge is 2.17. The molecule has 0 aliphatic rings. The van der Waals surface area contributed by atoms with Crippen LogP contribution in [-0.4, -0.2) is 27.6 Å². The number of sulfonamides is 1. The summed E-state index contributed by atoms with van der Waals surface area (Å²) in [5.74, 6) is -0.225. The van der Waals surface area contributed by atoms with Crippen LogP contribution in [0, 0.1) is 0 Å². The molecule has 0 aliphatic heterocycles. The van der Waals surface area contributed by atoms with Crippen molar-refractivity contribution in [1.29, 1.82) is 0 Å². The molecule has 146 valence electrons. The SMILES string of the molecule is CCOc1ccc(OCC)c(NS(=O)(=O)c2ccc(CCC(=O)[O-])cc2)c1. The molecular weight excluding hydrogens is 370 g/mol. The summed E-state index contributed by atoms with van der Waals surface area (Å²) in [6.45, 7) is 4.48. The molecule has 2 aromatic carbocycles. The van der Waals surface area contributed by atoms with Gasteiger partial charge in [0.2, 0.25) is 0 Å². The first-order valence-corrected chi connectivity index (χ1v) is 10.0.